The largest absolute Gasteiger partial charge is 0.496 e. The molecule has 0 atom stereocenters. The molecule has 0 aliphatic rings. The molecule has 0 spiro atoms. The van der Waals surface area contributed by atoms with Gasteiger partial charge in [0.1, 0.15) is 11.5 Å². The minimum atomic E-state index is 0.442. The van der Waals surface area contributed by atoms with Crippen molar-refractivity contribution in [1.82, 2.24) is 0 Å². The lowest BCUT2D eigenvalue weighted by molar-refractivity contribution is 0.414. The number of benzene rings is 3. The summed E-state index contributed by atoms with van der Waals surface area (Å²) in [5.41, 5.74) is 2.96. The molecule has 128 valence electrons. The number of alkyl halides is 1. The zero-order valence-corrected chi connectivity index (χ0v) is 16.5. The molecule has 3 rings (SSSR count). The van der Waals surface area contributed by atoms with E-state index >= 15 is 0 Å². The molecule has 2 nitrogen and oxygen atoms in total. The first-order valence-corrected chi connectivity index (χ1v) is 9.45. The second kappa shape index (κ2) is 8.13. The lowest BCUT2D eigenvalue weighted by Gasteiger charge is -2.14. The van der Waals surface area contributed by atoms with Crippen molar-refractivity contribution in [1.29, 1.82) is 0 Å². The Bertz CT molecular complexity index is 859. The summed E-state index contributed by atoms with van der Waals surface area (Å²) < 4.78 is 11.4. The molecular weight excluding hydrogens is 423 g/mol. The topological polar surface area (TPSA) is 18.5 Å². The standard InChI is InChI=1S/C20H15BrCl2O2/c1-24-19-8-7-15(11-16(19)14-5-3-2-4-6-14)25-20-17(22)9-13(12-21)10-18(20)23/h2-11H,12H2,1H3. The second-order valence-corrected chi connectivity index (χ2v) is 6.73. The number of ether oxygens (including phenoxy) is 2. The van der Waals surface area contributed by atoms with Crippen molar-refractivity contribution in [3.63, 3.8) is 0 Å². The van der Waals surface area contributed by atoms with Crippen LogP contribution in [0.1, 0.15) is 5.56 Å². The van der Waals surface area contributed by atoms with Gasteiger partial charge in [-0.25, -0.2) is 0 Å². The van der Waals surface area contributed by atoms with Crippen LogP contribution in [-0.2, 0) is 5.33 Å². The predicted octanol–water partition coefficient (Wildman–Crippen LogP) is 7.36. The normalized spacial score (nSPS) is 10.6. The summed E-state index contributed by atoms with van der Waals surface area (Å²) in [6, 6.07) is 19.3. The van der Waals surface area contributed by atoms with E-state index in [9.17, 15) is 0 Å². The smallest absolute Gasteiger partial charge is 0.164 e. The highest BCUT2D eigenvalue weighted by Gasteiger charge is 2.13. The molecule has 0 radical (unpaired) electrons. The fraction of sp³-hybridized carbons (Fsp3) is 0.100. The van der Waals surface area contributed by atoms with Crippen LogP contribution < -0.4 is 9.47 Å². The van der Waals surface area contributed by atoms with E-state index in [4.69, 9.17) is 32.7 Å². The van der Waals surface area contributed by atoms with Crippen LogP contribution in [0.4, 0.5) is 0 Å². The van der Waals surface area contributed by atoms with Gasteiger partial charge >= 0.3 is 0 Å². The van der Waals surface area contributed by atoms with Gasteiger partial charge < -0.3 is 9.47 Å². The first-order valence-electron chi connectivity index (χ1n) is 7.57. The van der Waals surface area contributed by atoms with Crippen LogP contribution in [0, 0.1) is 0 Å². The van der Waals surface area contributed by atoms with Crippen LogP contribution in [-0.4, -0.2) is 7.11 Å². The average Bonchev–Trinajstić information content (AvgIpc) is 2.65. The third kappa shape index (κ3) is 4.12. The van der Waals surface area contributed by atoms with Gasteiger partial charge in [0.05, 0.1) is 17.2 Å². The Morgan fingerprint density at radius 3 is 2.20 bits per heavy atom. The van der Waals surface area contributed by atoms with E-state index in [2.05, 4.69) is 15.9 Å². The Balaban J connectivity index is 2.00. The maximum absolute atomic E-state index is 6.32. The van der Waals surface area contributed by atoms with E-state index in [0.29, 0.717) is 26.9 Å². The number of hydrogen-bond acceptors (Lipinski definition) is 2. The Labute approximate surface area is 165 Å². The van der Waals surface area contributed by atoms with Gasteiger partial charge in [0.2, 0.25) is 0 Å². The molecule has 0 aliphatic carbocycles. The van der Waals surface area contributed by atoms with Crippen LogP contribution in [0.25, 0.3) is 11.1 Å². The van der Waals surface area contributed by atoms with Crippen molar-refractivity contribution in [2.75, 3.05) is 7.11 Å². The summed E-state index contributed by atoms with van der Waals surface area (Å²) in [5, 5.41) is 1.62. The molecule has 0 aliphatic heterocycles. The van der Waals surface area contributed by atoms with E-state index in [1.807, 2.05) is 60.7 Å². The van der Waals surface area contributed by atoms with Gasteiger partial charge in [0.15, 0.2) is 5.75 Å². The fourth-order valence-electron chi connectivity index (χ4n) is 2.50. The van der Waals surface area contributed by atoms with E-state index < -0.39 is 0 Å². The Morgan fingerprint density at radius 2 is 1.60 bits per heavy atom. The average molecular weight is 438 g/mol. The number of halogens is 3. The number of rotatable bonds is 5. The second-order valence-electron chi connectivity index (χ2n) is 5.35. The molecule has 0 heterocycles. The summed E-state index contributed by atoms with van der Waals surface area (Å²) >= 11 is 16.0. The summed E-state index contributed by atoms with van der Waals surface area (Å²) in [4.78, 5) is 0. The molecule has 0 aromatic heterocycles. The van der Waals surface area contributed by atoms with E-state index in [-0.39, 0.29) is 0 Å². The monoisotopic (exact) mass is 436 g/mol. The molecule has 0 unspecified atom stereocenters. The number of hydrogen-bond donors (Lipinski definition) is 0. The molecule has 0 N–H and O–H groups in total. The first kappa shape index (κ1) is 18.1. The third-order valence-electron chi connectivity index (χ3n) is 3.69. The Kier molecular flexibility index (Phi) is 5.89. The van der Waals surface area contributed by atoms with Gasteiger partial charge in [-0.1, -0.05) is 69.5 Å². The summed E-state index contributed by atoms with van der Waals surface area (Å²) in [7, 11) is 1.65. The molecule has 3 aromatic carbocycles. The van der Waals surface area contributed by atoms with Crippen molar-refractivity contribution < 1.29 is 9.47 Å². The van der Waals surface area contributed by atoms with Crippen molar-refractivity contribution in [3.05, 3.63) is 76.3 Å². The van der Waals surface area contributed by atoms with Crippen molar-refractivity contribution >= 4 is 39.1 Å². The van der Waals surface area contributed by atoms with E-state index in [1.54, 1.807) is 7.11 Å². The minimum Gasteiger partial charge on any atom is -0.496 e. The first-order chi connectivity index (χ1) is 12.1. The zero-order valence-electron chi connectivity index (χ0n) is 13.4. The van der Waals surface area contributed by atoms with Crippen molar-refractivity contribution in [3.8, 4) is 28.4 Å². The lowest BCUT2D eigenvalue weighted by atomic mass is 10.0. The SMILES string of the molecule is COc1ccc(Oc2c(Cl)cc(CBr)cc2Cl)cc1-c1ccccc1. The molecule has 0 saturated carbocycles. The highest BCUT2D eigenvalue weighted by Crippen LogP contribution is 2.40. The van der Waals surface area contributed by atoms with E-state index in [0.717, 1.165) is 22.4 Å². The molecule has 0 fully saturated rings. The van der Waals surface area contributed by atoms with Gasteiger partial charge in [-0.15, -0.1) is 0 Å². The summed E-state index contributed by atoms with van der Waals surface area (Å²) in [5.74, 6) is 1.85. The zero-order chi connectivity index (χ0) is 17.8. The van der Waals surface area contributed by atoms with Crippen molar-refractivity contribution in [2.24, 2.45) is 0 Å². The van der Waals surface area contributed by atoms with Crippen LogP contribution in [0.15, 0.2) is 60.7 Å². The van der Waals surface area contributed by atoms with Crippen LogP contribution in [0.3, 0.4) is 0 Å². The highest BCUT2D eigenvalue weighted by molar-refractivity contribution is 9.08. The van der Waals surface area contributed by atoms with Crippen LogP contribution in [0.5, 0.6) is 17.2 Å². The summed E-state index contributed by atoms with van der Waals surface area (Å²) in [6.45, 7) is 0. The quantitative estimate of drug-likeness (QED) is 0.388. The third-order valence-corrected chi connectivity index (χ3v) is 4.90. The van der Waals surface area contributed by atoms with Crippen LogP contribution in [0.2, 0.25) is 10.0 Å². The van der Waals surface area contributed by atoms with Gasteiger partial charge in [-0.3, -0.25) is 0 Å². The van der Waals surface area contributed by atoms with Gasteiger partial charge in [0, 0.05) is 10.9 Å². The highest BCUT2D eigenvalue weighted by atomic mass is 79.9. The lowest BCUT2D eigenvalue weighted by Crippen LogP contribution is -1.92. The molecule has 0 amide bonds. The predicted molar refractivity (Wildman–Crippen MR) is 108 cm³/mol. The maximum atomic E-state index is 6.32. The minimum absolute atomic E-state index is 0.442. The number of methoxy groups -OCH3 is 1. The molecule has 5 heteroatoms. The van der Waals surface area contributed by atoms with E-state index in [1.165, 1.54) is 0 Å². The van der Waals surface area contributed by atoms with Gasteiger partial charge in [0.25, 0.3) is 0 Å². The Morgan fingerprint density at radius 1 is 0.920 bits per heavy atom. The molecule has 0 saturated heterocycles. The Hall–Kier alpha value is -1.68. The van der Waals surface area contributed by atoms with Gasteiger partial charge in [-0.2, -0.15) is 0 Å². The van der Waals surface area contributed by atoms with Crippen molar-refractivity contribution in [2.45, 2.75) is 5.33 Å². The molecule has 0 bridgehead atoms. The molecular formula is C20H15BrCl2O2. The fourth-order valence-corrected chi connectivity index (χ4v) is 3.43. The molecule has 3 aromatic rings. The van der Waals surface area contributed by atoms with Gasteiger partial charge in [-0.05, 0) is 41.5 Å². The molecule has 25 heavy (non-hydrogen) atoms. The maximum Gasteiger partial charge on any atom is 0.164 e. The van der Waals surface area contributed by atoms with Crippen LogP contribution >= 0.6 is 39.1 Å². The summed E-state index contributed by atoms with van der Waals surface area (Å²) in [6.07, 6.45) is 0.